The van der Waals surface area contributed by atoms with Crippen LogP contribution in [0.15, 0.2) is 45.8 Å². The highest BCUT2D eigenvalue weighted by Crippen LogP contribution is 2.26. The molecule has 0 saturated carbocycles. The summed E-state index contributed by atoms with van der Waals surface area (Å²) in [5.41, 5.74) is 5.70. The number of sulfonamides is 1. The molecule has 0 bridgehead atoms. The summed E-state index contributed by atoms with van der Waals surface area (Å²) >= 11 is 3.13. The van der Waals surface area contributed by atoms with Crippen LogP contribution in [-0.4, -0.2) is 8.42 Å². The van der Waals surface area contributed by atoms with E-state index in [0.29, 0.717) is 4.47 Å². The van der Waals surface area contributed by atoms with Gasteiger partial charge in [0.25, 0.3) is 10.0 Å². The third-order valence-corrected chi connectivity index (χ3v) is 4.96. The maximum atomic E-state index is 13.2. The van der Waals surface area contributed by atoms with Crippen molar-refractivity contribution in [1.82, 2.24) is 0 Å². The molecule has 0 amide bonds. The molecule has 0 aliphatic rings. The van der Waals surface area contributed by atoms with Gasteiger partial charge in [0.15, 0.2) is 0 Å². The Kier molecular flexibility index (Phi) is 4.16. The first-order chi connectivity index (χ1) is 9.83. The highest BCUT2D eigenvalue weighted by atomic mass is 79.9. The van der Waals surface area contributed by atoms with Gasteiger partial charge in [-0.25, -0.2) is 12.8 Å². The number of nitrogens with zero attached hydrogens (tertiary/aromatic N) is 1. The lowest BCUT2D eigenvalue weighted by atomic mass is 10.2. The minimum Gasteiger partial charge on any atom is -0.399 e. The maximum absolute atomic E-state index is 13.2. The molecule has 0 atom stereocenters. The number of benzene rings is 2. The molecule has 0 fully saturated rings. The number of nitrogens with two attached hydrogens (primary N) is 1. The van der Waals surface area contributed by atoms with E-state index >= 15 is 0 Å². The van der Waals surface area contributed by atoms with Crippen LogP contribution in [0.3, 0.4) is 0 Å². The molecule has 0 unspecified atom stereocenters. The molecule has 3 N–H and O–H groups in total. The minimum absolute atomic E-state index is 0.0506. The number of nitrogen functional groups attached to an aromatic ring is 1. The van der Waals surface area contributed by atoms with Gasteiger partial charge in [0.2, 0.25) is 0 Å². The second-order valence-corrected chi connectivity index (χ2v) is 6.61. The fourth-order valence-electron chi connectivity index (χ4n) is 1.61. The number of hydrogen-bond donors (Lipinski definition) is 2. The maximum Gasteiger partial charge on any atom is 0.263 e. The van der Waals surface area contributed by atoms with Crippen molar-refractivity contribution in [2.24, 2.45) is 0 Å². The van der Waals surface area contributed by atoms with E-state index in [-0.39, 0.29) is 21.8 Å². The molecule has 8 heteroatoms. The summed E-state index contributed by atoms with van der Waals surface area (Å²) in [7, 11) is -3.91. The molecular formula is C13H9BrFN3O2S. The number of rotatable bonds is 3. The highest BCUT2D eigenvalue weighted by molar-refractivity contribution is 9.10. The Balaban J connectivity index is 2.43. The molecule has 0 radical (unpaired) electrons. The van der Waals surface area contributed by atoms with Gasteiger partial charge in [0.05, 0.1) is 11.3 Å². The van der Waals surface area contributed by atoms with E-state index in [4.69, 9.17) is 11.0 Å². The van der Waals surface area contributed by atoms with E-state index in [1.54, 1.807) is 12.1 Å². The summed E-state index contributed by atoms with van der Waals surface area (Å²) < 4.78 is 40.4. The average Bonchev–Trinajstić information content (AvgIpc) is 2.43. The van der Waals surface area contributed by atoms with Gasteiger partial charge in [0, 0.05) is 10.2 Å². The molecule has 0 saturated heterocycles. The molecule has 0 aliphatic carbocycles. The van der Waals surface area contributed by atoms with Crippen molar-refractivity contribution in [3.63, 3.8) is 0 Å². The zero-order valence-corrected chi connectivity index (χ0v) is 12.9. The highest BCUT2D eigenvalue weighted by Gasteiger charge is 2.18. The lowest BCUT2D eigenvalue weighted by molar-refractivity contribution is 0.600. The minimum atomic E-state index is -3.91. The van der Waals surface area contributed by atoms with Crippen LogP contribution in [0, 0.1) is 17.1 Å². The monoisotopic (exact) mass is 369 g/mol. The van der Waals surface area contributed by atoms with Crippen LogP contribution in [-0.2, 0) is 10.0 Å². The van der Waals surface area contributed by atoms with Crippen molar-refractivity contribution in [2.45, 2.75) is 4.90 Å². The molecule has 108 valence electrons. The molecule has 0 spiro atoms. The van der Waals surface area contributed by atoms with E-state index < -0.39 is 15.8 Å². The molecule has 2 aromatic carbocycles. The third kappa shape index (κ3) is 3.32. The molecule has 21 heavy (non-hydrogen) atoms. The van der Waals surface area contributed by atoms with Crippen LogP contribution < -0.4 is 10.5 Å². The summed E-state index contributed by atoms with van der Waals surface area (Å²) in [4.78, 5) is -0.0506. The second kappa shape index (κ2) is 5.71. The zero-order valence-electron chi connectivity index (χ0n) is 10.5. The number of nitrogens with one attached hydrogen (secondary N) is 1. The molecule has 0 aliphatic heterocycles. The van der Waals surface area contributed by atoms with Crippen molar-refractivity contribution < 1.29 is 12.8 Å². The second-order valence-electron chi connectivity index (χ2n) is 4.10. The summed E-state index contributed by atoms with van der Waals surface area (Å²) in [6.07, 6.45) is 0. The van der Waals surface area contributed by atoms with Crippen molar-refractivity contribution >= 4 is 37.3 Å². The number of anilines is 2. The number of hydrogen-bond acceptors (Lipinski definition) is 4. The first-order valence-corrected chi connectivity index (χ1v) is 7.88. The lowest BCUT2D eigenvalue weighted by Gasteiger charge is -2.10. The molecule has 5 nitrogen and oxygen atoms in total. The van der Waals surface area contributed by atoms with Gasteiger partial charge in [-0.1, -0.05) is 0 Å². The Hall–Kier alpha value is -2.11. The van der Waals surface area contributed by atoms with E-state index in [0.717, 1.165) is 12.1 Å². The lowest BCUT2D eigenvalue weighted by Crippen LogP contribution is -2.14. The first kappa shape index (κ1) is 15.3. The topological polar surface area (TPSA) is 96.0 Å². The zero-order chi connectivity index (χ0) is 15.6. The molecule has 2 aromatic rings. The predicted molar refractivity (Wildman–Crippen MR) is 80.5 cm³/mol. The van der Waals surface area contributed by atoms with E-state index in [9.17, 15) is 12.8 Å². The van der Waals surface area contributed by atoms with Crippen molar-refractivity contribution in [1.29, 1.82) is 5.26 Å². The molecule has 2 rings (SSSR count). The summed E-state index contributed by atoms with van der Waals surface area (Å²) in [5, 5.41) is 8.75. The number of nitriles is 1. The Bertz CT molecular complexity index is 847. The molecular weight excluding hydrogens is 361 g/mol. The van der Waals surface area contributed by atoms with Crippen LogP contribution in [0.1, 0.15) is 5.56 Å². The molecule has 0 heterocycles. The number of halogens is 2. The van der Waals surface area contributed by atoms with Crippen LogP contribution in [0.4, 0.5) is 15.8 Å². The normalized spacial score (nSPS) is 10.9. The van der Waals surface area contributed by atoms with Gasteiger partial charge in [-0.3, -0.25) is 4.72 Å². The molecule has 0 aromatic heterocycles. The average molecular weight is 370 g/mol. The Morgan fingerprint density at radius 3 is 2.62 bits per heavy atom. The van der Waals surface area contributed by atoms with Crippen LogP contribution >= 0.6 is 15.9 Å². The summed E-state index contributed by atoms with van der Waals surface area (Å²) in [6, 6.07) is 9.36. The predicted octanol–water partition coefficient (Wildman–Crippen LogP) is 2.84. The fraction of sp³-hybridized carbons (Fsp3) is 0. The Morgan fingerprint density at radius 2 is 1.95 bits per heavy atom. The fourth-order valence-corrected chi connectivity index (χ4v) is 3.66. The van der Waals surface area contributed by atoms with E-state index in [2.05, 4.69) is 20.7 Å². The SMILES string of the molecule is N#Cc1cc(NS(=O)(=O)c2cc(N)ccc2Br)ccc1F. The van der Waals surface area contributed by atoms with Crippen molar-refractivity contribution in [2.75, 3.05) is 10.5 Å². The van der Waals surface area contributed by atoms with Gasteiger partial charge in [-0.05, 0) is 52.3 Å². The quantitative estimate of drug-likeness (QED) is 0.812. The van der Waals surface area contributed by atoms with Gasteiger partial charge >= 0.3 is 0 Å². The van der Waals surface area contributed by atoms with Crippen LogP contribution in [0.25, 0.3) is 0 Å². The van der Waals surface area contributed by atoms with E-state index in [1.807, 2.05) is 0 Å². The van der Waals surface area contributed by atoms with Gasteiger partial charge in [-0.15, -0.1) is 0 Å². The smallest absolute Gasteiger partial charge is 0.263 e. The van der Waals surface area contributed by atoms with Crippen molar-refractivity contribution in [3.05, 3.63) is 52.3 Å². The van der Waals surface area contributed by atoms with Gasteiger partial charge in [0.1, 0.15) is 16.8 Å². The van der Waals surface area contributed by atoms with E-state index in [1.165, 1.54) is 18.2 Å². The first-order valence-electron chi connectivity index (χ1n) is 5.61. The summed E-state index contributed by atoms with van der Waals surface area (Å²) in [5.74, 6) is -0.717. The van der Waals surface area contributed by atoms with Crippen LogP contribution in [0.5, 0.6) is 0 Å². The van der Waals surface area contributed by atoms with Gasteiger partial charge in [-0.2, -0.15) is 5.26 Å². The standard InChI is InChI=1S/C13H9BrFN3O2S/c14-11-3-1-9(17)6-13(11)21(19,20)18-10-2-4-12(15)8(5-10)7-16/h1-6,18H,17H2. The summed E-state index contributed by atoms with van der Waals surface area (Å²) in [6.45, 7) is 0. The Labute approximate surface area is 129 Å². The van der Waals surface area contributed by atoms with Crippen LogP contribution in [0.2, 0.25) is 0 Å². The largest absolute Gasteiger partial charge is 0.399 e. The Morgan fingerprint density at radius 1 is 1.24 bits per heavy atom. The third-order valence-electron chi connectivity index (χ3n) is 2.58. The van der Waals surface area contributed by atoms with Gasteiger partial charge < -0.3 is 5.73 Å². The van der Waals surface area contributed by atoms with Crippen molar-refractivity contribution in [3.8, 4) is 6.07 Å².